The van der Waals surface area contributed by atoms with Gasteiger partial charge in [0.2, 0.25) is 0 Å². The summed E-state index contributed by atoms with van der Waals surface area (Å²) >= 11 is 0. The number of aryl methyl sites for hydroxylation is 3. The first-order chi connectivity index (χ1) is 20.9. The van der Waals surface area contributed by atoms with Crippen LogP contribution in [0.3, 0.4) is 0 Å². The van der Waals surface area contributed by atoms with E-state index >= 15 is 0 Å². The van der Waals surface area contributed by atoms with E-state index in [1.165, 1.54) is 6.21 Å². The van der Waals surface area contributed by atoms with Crippen molar-refractivity contribution < 1.29 is 23.5 Å². The minimum Gasteiger partial charge on any atom is -0.486 e. The maximum atomic E-state index is 12.6. The molecule has 0 saturated carbocycles. The Hall–Kier alpha value is -5.57. The van der Waals surface area contributed by atoms with E-state index in [-0.39, 0.29) is 24.9 Å². The molecule has 0 radical (unpaired) electrons. The number of nitrogens with zero attached hydrogens (tertiary/aromatic N) is 2. The van der Waals surface area contributed by atoms with Gasteiger partial charge in [0.25, 0.3) is 5.91 Å². The van der Waals surface area contributed by atoms with Crippen molar-refractivity contribution in [2.24, 2.45) is 5.10 Å². The molecule has 2 aromatic heterocycles. The van der Waals surface area contributed by atoms with Crippen LogP contribution >= 0.6 is 0 Å². The van der Waals surface area contributed by atoms with Gasteiger partial charge < -0.3 is 23.8 Å². The Kier molecular flexibility index (Phi) is 9.02. The lowest BCUT2D eigenvalue weighted by molar-refractivity contribution is -0.118. The fraction of sp³-hybridized carbons (Fsp3) is 0.147. The van der Waals surface area contributed by atoms with Gasteiger partial charge in [0.05, 0.1) is 6.21 Å². The Balaban J connectivity index is 1.10. The molecule has 2 heterocycles. The predicted molar refractivity (Wildman–Crippen MR) is 165 cm³/mol. The summed E-state index contributed by atoms with van der Waals surface area (Å²) in [6, 6.07) is 29.8. The van der Waals surface area contributed by atoms with Gasteiger partial charge in [-0.3, -0.25) is 9.59 Å². The quantitative estimate of drug-likeness (QED) is 0.141. The molecular formula is C34H32N4O5. The molecule has 43 heavy (non-hydrogen) atoms. The van der Waals surface area contributed by atoms with Crippen molar-refractivity contribution in [2.75, 3.05) is 11.9 Å². The van der Waals surface area contributed by atoms with Crippen LogP contribution in [0.1, 0.15) is 38.8 Å². The second-order valence-corrected chi connectivity index (χ2v) is 9.94. The van der Waals surface area contributed by atoms with Crippen LogP contribution in [-0.2, 0) is 11.4 Å². The molecule has 0 bridgehead atoms. The standard InChI is InChI=1S/C34H32N4O5/c1-23-8-12-27(13-9-23)36-33(39)22-42-31-7-5-4-6-26(31)20-35-37-34(40)32-19-18-30(43-32)21-41-29-16-14-28(15-17-29)38-24(2)10-11-25(38)3/h4-20H,21-22H2,1-3H3,(H,36,39)(H,37,40)/b35-20+. The Labute approximate surface area is 249 Å². The number of carbonyl (C=O) groups excluding carboxylic acids is 2. The molecule has 0 unspecified atom stereocenters. The summed E-state index contributed by atoms with van der Waals surface area (Å²) in [5.41, 5.74) is 8.22. The second-order valence-electron chi connectivity index (χ2n) is 9.94. The molecule has 0 atom stereocenters. The molecule has 218 valence electrons. The van der Waals surface area contributed by atoms with Crippen LogP contribution in [0.25, 0.3) is 5.69 Å². The first-order valence-electron chi connectivity index (χ1n) is 13.7. The third kappa shape index (κ3) is 7.59. The topological polar surface area (TPSA) is 107 Å². The van der Waals surface area contributed by atoms with Gasteiger partial charge in [-0.05, 0) is 93.6 Å². The first-order valence-corrected chi connectivity index (χ1v) is 13.7. The van der Waals surface area contributed by atoms with E-state index in [9.17, 15) is 9.59 Å². The molecular weight excluding hydrogens is 544 g/mol. The van der Waals surface area contributed by atoms with Crippen LogP contribution in [-0.4, -0.2) is 29.2 Å². The summed E-state index contributed by atoms with van der Waals surface area (Å²) in [4.78, 5) is 24.9. The fourth-order valence-corrected chi connectivity index (χ4v) is 4.41. The molecule has 0 spiro atoms. The largest absolute Gasteiger partial charge is 0.486 e. The number of hydrogen-bond acceptors (Lipinski definition) is 6. The SMILES string of the molecule is Cc1ccc(NC(=O)COc2ccccc2/C=N/NC(=O)c2ccc(COc3ccc(-n4c(C)ccc4C)cc3)o2)cc1. The smallest absolute Gasteiger partial charge is 0.307 e. The predicted octanol–water partition coefficient (Wildman–Crippen LogP) is 6.36. The van der Waals surface area contributed by atoms with Gasteiger partial charge in [0, 0.05) is 28.3 Å². The van der Waals surface area contributed by atoms with Crippen LogP contribution in [0.2, 0.25) is 0 Å². The van der Waals surface area contributed by atoms with E-state index in [4.69, 9.17) is 13.9 Å². The first kappa shape index (κ1) is 28.9. The molecule has 9 nitrogen and oxygen atoms in total. The summed E-state index contributed by atoms with van der Waals surface area (Å²) in [5.74, 6) is 0.927. The van der Waals surface area contributed by atoms with E-state index in [2.05, 4.69) is 46.4 Å². The van der Waals surface area contributed by atoms with Crippen molar-refractivity contribution in [3.63, 3.8) is 0 Å². The number of carbonyl (C=O) groups is 2. The molecule has 9 heteroatoms. The highest BCUT2D eigenvalue weighted by atomic mass is 16.5. The zero-order valence-electron chi connectivity index (χ0n) is 24.2. The number of ether oxygens (including phenoxy) is 2. The Morgan fingerprint density at radius 3 is 2.30 bits per heavy atom. The second kappa shape index (κ2) is 13.4. The van der Waals surface area contributed by atoms with Crippen molar-refractivity contribution in [1.29, 1.82) is 0 Å². The van der Waals surface area contributed by atoms with Gasteiger partial charge in [0.1, 0.15) is 23.9 Å². The van der Waals surface area contributed by atoms with E-state index in [0.717, 1.165) is 22.6 Å². The monoisotopic (exact) mass is 576 g/mol. The molecule has 0 aliphatic heterocycles. The Bertz CT molecular complexity index is 1710. The third-order valence-electron chi connectivity index (χ3n) is 6.62. The number of hydrazone groups is 1. The van der Waals surface area contributed by atoms with Crippen LogP contribution in [0.15, 0.2) is 107 Å². The highest BCUT2D eigenvalue weighted by Gasteiger charge is 2.12. The number of rotatable bonds is 11. The van der Waals surface area contributed by atoms with E-state index in [1.54, 1.807) is 36.4 Å². The van der Waals surface area contributed by atoms with Gasteiger partial charge in [-0.25, -0.2) is 5.43 Å². The van der Waals surface area contributed by atoms with Crippen LogP contribution in [0.4, 0.5) is 5.69 Å². The molecule has 3 aromatic carbocycles. The molecule has 5 rings (SSSR count). The average molecular weight is 577 g/mol. The number of para-hydroxylation sites is 1. The molecule has 5 aromatic rings. The zero-order chi connectivity index (χ0) is 30.2. The fourth-order valence-electron chi connectivity index (χ4n) is 4.41. The summed E-state index contributed by atoms with van der Waals surface area (Å²) < 4.78 is 19.3. The average Bonchev–Trinajstić information content (AvgIpc) is 3.63. The van der Waals surface area contributed by atoms with Crippen molar-refractivity contribution in [3.05, 3.63) is 131 Å². The van der Waals surface area contributed by atoms with Crippen molar-refractivity contribution in [3.8, 4) is 17.2 Å². The highest BCUT2D eigenvalue weighted by Crippen LogP contribution is 2.21. The summed E-state index contributed by atoms with van der Waals surface area (Å²) in [6.45, 7) is 6.10. The number of anilines is 1. The number of amides is 2. The molecule has 2 N–H and O–H groups in total. The third-order valence-corrected chi connectivity index (χ3v) is 6.62. The maximum Gasteiger partial charge on any atom is 0.307 e. The summed E-state index contributed by atoms with van der Waals surface area (Å²) in [5, 5.41) is 6.82. The van der Waals surface area contributed by atoms with E-state index in [1.807, 2.05) is 55.5 Å². The number of furan rings is 1. The lowest BCUT2D eigenvalue weighted by Gasteiger charge is -2.10. The van der Waals surface area contributed by atoms with Crippen molar-refractivity contribution in [1.82, 2.24) is 9.99 Å². The minimum absolute atomic E-state index is 0.0990. The maximum absolute atomic E-state index is 12.6. The Morgan fingerprint density at radius 2 is 1.56 bits per heavy atom. The molecule has 0 aliphatic carbocycles. The summed E-state index contributed by atoms with van der Waals surface area (Å²) in [6.07, 6.45) is 1.44. The van der Waals surface area contributed by atoms with Crippen LogP contribution < -0.4 is 20.2 Å². The van der Waals surface area contributed by atoms with E-state index < -0.39 is 5.91 Å². The molecule has 0 saturated heterocycles. The lowest BCUT2D eigenvalue weighted by Crippen LogP contribution is -2.20. The van der Waals surface area contributed by atoms with Gasteiger partial charge in [-0.1, -0.05) is 29.8 Å². The number of hydrogen-bond donors (Lipinski definition) is 2. The lowest BCUT2D eigenvalue weighted by atomic mass is 10.2. The summed E-state index contributed by atoms with van der Waals surface area (Å²) in [7, 11) is 0. The molecule has 0 fully saturated rings. The highest BCUT2D eigenvalue weighted by molar-refractivity contribution is 5.93. The minimum atomic E-state index is -0.514. The number of aromatic nitrogens is 1. The molecule has 2 amide bonds. The van der Waals surface area contributed by atoms with E-state index in [0.29, 0.717) is 28.5 Å². The van der Waals surface area contributed by atoms with Gasteiger partial charge in [-0.15, -0.1) is 0 Å². The number of benzene rings is 3. The number of nitrogens with one attached hydrogen (secondary N) is 2. The van der Waals surface area contributed by atoms with Crippen molar-refractivity contribution >= 4 is 23.7 Å². The zero-order valence-corrected chi connectivity index (χ0v) is 24.2. The van der Waals surface area contributed by atoms with Gasteiger partial charge >= 0.3 is 5.91 Å². The van der Waals surface area contributed by atoms with Crippen LogP contribution in [0.5, 0.6) is 11.5 Å². The van der Waals surface area contributed by atoms with Gasteiger partial charge in [-0.2, -0.15) is 5.10 Å². The van der Waals surface area contributed by atoms with Gasteiger partial charge in [0.15, 0.2) is 12.4 Å². The van der Waals surface area contributed by atoms with Crippen LogP contribution in [0, 0.1) is 20.8 Å². The van der Waals surface area contributed by atoms with Crippen molar-refractivity contribution in [2.45, 2.75) is 27.4 Å². The molecule has 0 aliphatic rings. The Morgan fingerprint density at radius 1 is 0.837 bits per heavy atom. The normalized spacial score (nSPS) is 11.0.